The Bertz CT molecular complexity index is 245. The van der Waals surface area contributed by atoms with E-state index in [1.165, 1.54) is 23.3 Å². The molecule has 0 saturated carbocycles. The van der Waals surface area contributed by atoms with E-state index < -0.39 is 0 Å². The normalized spacial score (nSPS) is 12.0. The third kappa shape index (κ3) is 2.63. The first kappa shape index (κ1) is 9.79. The zero-order valence-electron chi connectivity index (χ0n) is 8.48. The van der Waals surface area contributed by atoms with Crippen LogP contribution in [0, 0.1) is 12.3 Å². The van der Waals surface area contributed by atoms with Gasteiger partial charge in [-0.2, -0.15) is 0 Å². The van der Waals surface area contributed by atoms with Gasteiger partial charge in [0.15, 0.2) is 0 Å². The Hall–Kier alpha value is -0.300. The van der Waals surface area contributed by atoms with Gasteiger partial charge in [-0.25, -0.2) is 0 Å². The maximum absolute atomic E-state index is 2.34. The molecule has 1 heteroatoms. The molecule has 0 aliphatic carbocycles. The van der Waals surface area contributed by atoms with Crippen LogP contribution in [0.4, 0.5) is 0 Å². The standard InChI is InChI=1S/C11H18S/c1-5-11(3,4)7-10-6-9(2)8-12-10/h6,8H,5,7H2,1-4H3. The van der Waals surface area contributed by atoms with Gasteiger partial charge in [0.25, 0.3) is 0 Å². The van der Waals surface area contributed by atoms with Gasteiger partial charge in [-0.3, -0.25) is 0 Å². The molecule has 0 amide bonds. The van der Waals surface area contributed by atoms with E-state index in [2.05, 4.69) is 39.1 Å². The highest BCUT2D eigenvalue weighted by molar-refractivity contribution is 7.10. The fraction of sp³-hybridized carbons (Fsp3) is 0.636. The fourth-order valence-electron chi connectivity index (χ4n) is 1.18. The molecular weight excluding hydrogens is 164 g/mol. The maximum Gasteiger partial charge on any atom is 0.00532 e. The zero-order valence-corrected chi connectivity index (χ0v) is 9.29. The molecule has 1 aromatic rings. The van der Waals surface area contributed by atoms with Gasteiger partial charge in [0, 0.05) is 4.88 Å². The molecule has 0 nitrogen and oxygen atoms in total. The van der Waals surface area contributed by atoms with E-state index in [0.29, 0.717) is 5.41 Å². The topological polar surface area (TPSA) is 0 Å². The van der Waals surface area contributed by atoms with Crippen molar-refractivity contribution in [2.24, 2.45) is 5.41 Å². The highest BCUT2D eigenvalue weighted by atomic mass is 32.1. The summed E-state index contributed by atoms with van der Waals surface area (Å²) in [6.45, 7) is 9.10. The maximum atomic E-state index is 2.34. The third-order valence-electron chi connectivity index (χ3n) is 2.39. The lowest BCUT2D eigenvalue weighted by Gasteiger charge is -2.21. The van der Waals surface area contributed by atoms with Gasteiger partial charge in [-0.05, 0) is 35.8 Å². The van der Waals surface area contributed by atoms with E-state index >= 15 is 0 Å². The van der Waals surface area contributed by atoms with Crippen molar-refractivity contribution >= 4 is 11.3 Å². The van der Waals surface area contributed by atoms with Crippen molar-refractivity contribution in [3.63, 3.8) is 0 Å². The van der Waals surface area contributed by atoms with Gasteiger partial charge in [0.05, 0.1) is 0 Å². The highest BCUT2D eigenvalue weighted by Crippen LogP contribution is 2.28. The molecule has 1 heterocycles. The summed E-state index contributed by atoms with van der Waals surface area (Å²) >= 11 is 1.89. The number of hydrogen-bond acceptors (Lipinski definition) is 1. The van der Waals surface area contributed by atoms with E-state index in [9.17, 15) is 0 Å². The first-order chi connectivity index (χ1) is 5.53. The molecule has 0 bridgehead atoms. The van der Waals surface area contributed by atoms with Crippen LogP contribution >= 0.6 is 11.3 Å². The summed E-state index contributed by atoms with van der Waals surface area (Å²) < 4.78 is 0. The Labute approximate surface area is 79.6 Å². The second-order valence-electron chi connectivity index (χ2n) is 4.28. The van der Waals surface area contributed by atoms with Gasteiger partial charge >= 0.3 is 0 Å². The van der Waals surface area contributed by atoms with E-state index in [0.717, 1.165) is 0 Å². The Morgan fingerprint density at radius 3 is 2.50 bits per heavy atom. The minimum absolute atomic E-state index is 0.470. The molecule has 0 aromatic carbocycles. The molecule has 1 rings (SSSR count). The Balaban J connectivity index is 2.63. The number of hydrogen-bond donors (Lipinski definition) is 0. The number of thiophene rings is 1. The van der Waals surface area contributed by atoms with E-state index in [4.69, 9.17) is 0 Å². The third-order valence-corrected chi connectivity index (χ3v) is 3.45. The van der Waals surface area contributed by atoms with Gasteiger partial charge < -0.3 is 0 Å². The summed E-state index contributed by atoms with van der Waals surface area (Å²) in [6, 6.07) is 2.31. The van der Waals surface area contributed by atoms with Crippen molar-refractivity contribution in [3.8, 4) is 0 Å². The quantitative estimate of drug-likeness (QED) is 0.662. The average Bonchev–Trinajstić information content (AvgIpc) is 2.35. The molecule has 0 atom stereocenters. The molecule has 0 aliphatic heterocycles. The van der Waals surface area contributed by atoms with Crippen LogP contribution in [0.1, 0.15) is 37.6 Å². The minimum atomic E-state index is 0.470. The van der Waals surface area contributed by atoms with Crippen LogP contribution in [-0.4, -0.2) is 0 Å². The average molecular weight is 182 g/mol. The van der Waals surface area contributed by atoms with Gasteiger partial charge in [0.2, 0.25) is 0 Å². The van der Waals surface area contributed by atoms with Crippen molar-refractivity contribution in [1.29, 1.82) is 0 Å². The zero-order chi connectivity index (χ0) is 9.19. The van der Waals surface area contributed by atoms with Crippen LogP contribution < -0.4 is 0 Å². The van der Waals surface area contributed by atoms with Crippen LogP contribution in [0.3, 0.4) is 0 Å². The molecular formula is C11H18S. The molecule has 12 heavy (non-hydrogen) atoms. The van der Waals surface area contributed by atoms with Crippen molar-refractivity contribution in [3.05, 3.63) is 21.9 Å². The van der Waals surface area contributed by atoms with Gasteiger partial charge in [-0.15, -0.1) is 11.3 Å². The van der Waals surface area contributed by atoms with Crippen LogP contribution in [0.25, 0.3) is 0 Å². The molecule has 0 unspecified atom stereocenters. The molecule has 0 saturated heterocycles. The predicted molar refractivity (Wildman–Crippen MR) is 56.8 cm³/mol. The molecule has 0 aliphatic rings. The largest absolute Gasteiger partial charge is 0.149 e. The molecule has 0 fully saturated rings. The second-order valence-corrected chi connectivity index (χ2v) is 5.28. The van der Waals surface area contributed by atoms with Crippen LogP contribution in [-0.2, 0) is 6.42 Å². The molecule has 0 radical (unpaired) electrons. The fourth-order valence-corrected chi connectivity index (χ4v) is 2.31. The van der Waals surface area contributed by atoms with E-state index in [-0.39, 0.29) is 0 Å². The second kappa shape index (κ2) is 3.61. The minimum Gasteiger partial charge on any atom is -0.149 e. The van der Waals surface area contributed by atoms with Crippen molar-refractivity contribution in [1.82, 2.24) is 0 Å². The number of aryl methyl sites for hydroxylation is 1. The summed E-state index contributed by atoms with van der Waals surface area (Å²) in [5.41, 5.74) is 1.87. The summed E-state index contributed by atoms with van der Waals surface area (Å²) in [6.07, 6.45) is 2.48. The van der Waals surface area contributed by atoms with Crippen molar-refractivity contribution in [2.75, 3.05) is 0 Å². The lowest BCUT2D eigenvalue weighted by molar-refractivity contribution is 0.352. The molecule has 0 spiro atoms. The van der Waals surface area contributed by atoms with Gasteiger partial charge in [-0.1, -0.05) is 27.2 Å². The van der Waals surface area contributed by atoms with Crippen LogP contribution in [0.2, 0.25) is 0 Å². The van der Waals surface area contributed by atoms with Crippen molar-refractivity contribution < 1.29 is 0 Å². The SMILES string of the molecule is CCC(C)(C)Cc1cc(C)cs1. The monoisotopic (exact) mass is 182 g/mol. The van der Waals surface area contributed by atoms with Crippen LogP contribution in [0.5, 0.6) is 0 Å². The Morgan fingerprint density at radius 2 is 2.08 bits per heavy atom. The lowest BCUT2D eigenvalue weighted by atomic mass is 9.86. The van der Waals surface area contributed by atoms with Crippen LogP contribution in [0.15, 0.2) is 11.4 Å². The number of rotatable bonds is 3. The van der Waals surface area contributed by atoms with Crippen molar-refractivity contribution in [2.45, 2.75) is 40.5 Å². The van der Waals surface area contributed by atoms with E-state index in [1.807, 2.05) is 11.3 Å². The summed E-state index contributed by atoms with van der Waals surface area (Å²) in [7, 11) is 0. The lowest BCUT2D eigenvalue weighted by Crippen LogP contribution is -2.12. The summed E-state index contributed by atoms with van der Waals surface area (Å²) in [5, 5.41) is 2.24. The predicted octanol–water partition coefficient (Wildman–Crippen LogP) is 4.04. The Morgan fingerprint density at radius 1 is 1.42 bits per heavy atom. The first-order valence-electron chi connectivity index (χ1n) is 4.57. The van der Waals surface area contributed by atoms with Gasteiger partial charge in [0.1, 0.15) is 0 Å². The highest BCUT2D eigenvalue weighted by Gasteiger charge is 2.16. The summed E-state index contributed by atoms with van der Waals surface area (Å²) in [4.78, 5) is 1.53. The van der Waals surface area contributed by atoms with E-state index in [1.54, 1.807) is 0 Å². The summed E-state index contributed by atoms with van der Waals surface area (Å²) in [5.74, 6) is 0. The smallest absolute Gasteiger partial charge is 0.00532 e. The molecule has 1 aromatic heterocycles. The molecule has 0 N–H and O–H groups in total. The Kier molecular flexibility index (Phi) is 2.94. The first-order valence-corrected chi connectivity index (χ1v) is 5.45. The molecule has 68 valence electrons.